The molecule has 0 amide bonds. The van der Waals surface area contributed by atoms with Gasteiger partial charge in [0.2, 0.25) is 11.8 Å². The van der Waals surface area contributed by atoms with Crippen LogP contribution >= 0.6 is 0 Å². The first-order valence-corrected chi connectivity index (χ1v) is 6.76. The van der Waals surface area contributed by atoms with Gasteiger partial charge in [-0.25, -0.2) is 4.98 Å². The lowest BCUT2D eigenvalue weighted by atomic mass is 10.3. The minimum atomic E-state index is -4.51. The molecular formula is C13H20F3N3O. The van der Waals surface area contributed by atoms with Crippen molar-refractivity contribution >= 4 is 5.95 Å². The molecule has 0 saturated carbocycles. The number of ether oxygens (including phenoxy) is 1. The van der Waals surface area contributed by atoms with Crippen molar-refractivity contribution in [3.05, 3.63) is 11.8 Å². The van der Waals surface area contributed by atoms with Gasteiger partial charge < -0.3 is 9.64 Å². The zero-order valence-corrected chi connectivity index (χ0v) is 12.0. The van der Waals surface area contributed by atoms with Gasteiger partial charge in [-0.2, -0.15) is 18.2 Å². The fourth-order valence-electron chi connectivity index (χ4n) is 1.77. The van der Waals surface area contributed by atoms with E-state index in [1.807, 2.05) is 13.8 Å². The van der Waals surface area contributed by atoms with E-state index in [4.69, 9.17) is 4.74 Å². The fraction of sp³-hybridized carbons (Fsp3) is 0.692. The van der Waals surface area contributed by atoms with E-state index in [1.54, 1.807) is 11.8 Å². The summed E-state index contributed by atoms with van der Waals surface area (Å²) in [5.74, 6) is 0.0361. The second-order valence-corrected chi connectivity index (χ2v) is 4.31. The van der Waals surface area contributed by atoms with Crippen molar-refractivity contribution in [2.75, 3.05) is 24.6 Å². The number of aromatic nitrogens is 2. The monoisotopic (exact) mass is 291 g/mol. The van der Waals surface area contributed by atoms with Crippen LogP contribution in [0.3, 0.4) is 0 Å². The van der Waals surface area contributed by atoms with Crippen LogP contribution in [-0.2, 0) is 6.18 Å². The molecule has 114 valence electrons. The molecule has 20 heavy (non-hydrogen) atoms. The summed E-state index contributed by atoms with van der Waals surface area (Å²) < 4.78 is 43.7. The number of alkyl halides is 3. The van der Waals surface area contributed by atoms with E-state index < -0.39 is 11.9 Å². The molecule has 0 radical (unpaired) electrons. The summed E-state index contributed by atoms with van der Waals surface area (Å²) in [4.78, 5) is 9.45. The van der Waals surface area contributed by atoms with E-state index in [0.717, 1.165) is 18.9 Å². The van der Waals surface area contributed by atoms with Crippen LogP contribution in [-0.4, -0.2) is 29.7 Å². The van der Waals surface area contributed by atoms with Crippen LogP contribution in [0.15, 0.2) is 6.07 Å². The third-order valence-corrected chi connectivity index (χ3v) is 2.54. The van der Waals surface area contributed by atoms with E-state index in [0.29, 0.717) is 13.1 Å². The lowest BCUT2D eigenvalue weighted by Crippen LogP contribution is -2.28. The predicted octanol–water partition coefficient (Wildman–Crippen LogP) is 3.52. The molecule has 4 nitrogen and oxygen atoms in total. The van der Waals surface area contributed by atoms with Gasteiger partial charge in [-0.05, 0) is 19.8 Å². The van der Waals surface area contributed by atoms with Crippen LogP contribution in [0.25, 0.3) is 0 Å². The van der Waals surface area contributed by atoms with Crippen molar-refractivity contribution < 1.29 is 17.9 Å². The third kappa shape index (κ3) is 4.54. The molecule has 7 heteroatoms. The van der Waals surface area contributed by atoms with Gasteiger partial charge in [0.1, 0.15) is 0 Å². The summed E-state index contributed by atoms with van der Waals surface area (Å²) in [5, 5.41) is 0. The van der Waals surface area contributed by atoms with E-state index in [9.17, 15) is 13.2 Å². The topological polar surface area (TPSA) is 38.2 Å². The molecule has 0 unspecified atom stereocenters. The van der Waals surface area contributed by atoms with Gasteiger partial charge in [0, 0.05) is 19.2 Å². The predicted molar refractivity (Wildman–Crippen MR) is 71.0 cm³/mol. The Morgan fingerprint density at radius 2 is 1.70 bits per heavy atom. The molecule has 0 N–H and O–H groups in total. The Kier molecular flexibility index (Phi) is 6.04. The number of halogens is 3. The van der Waals surface area contributed by atoms with E-state index in [-0.39, 0.29) is 18.4 Å². The first kappa shape index (κ1) is 16.5. The zero-order chi connectivity index (χ0) is 15.2. The van der Waals surface area contributed by atoms with E-state index in [1.165, 1.54) is 0 Å². The lowest BCUT2D eigenvalue weighted by Gasteiger charge is -2.22. The molecule has 0 atom stereocenters. The average molecular weight is 291 g/mol. The normalized spacial score (nSPS) is 11.5. The molecule has 0 aliphatic rings. The highest BCUT2D eigenvalue weighted by atomic mass is 19.4. The minimum absolute atomic E-state index is 0.0398. The van der Waals surface area contributed by atoms with E-state index in [2.05, 4.69) is 9.97 Å². The Hall–Kier alpha value is -1.53. The Morgan fingerprint density at radius 3 is 2.15 bits per heavy atom. The van der Waals surface area contributed by atoms with Crippen molar-refractivity contribution in [2.24, 2.45) is 0 Å². The summed E-state index contributed by atoms with van der Waals surface area (Å²) in [6.07, 6.45) is -2.89. The van der Waals surface area contributed by atoms with Gasteiger partial charge in [-0.1, -0.05) is 13.8 Å². The van der Waals surface area contributed by atoms with Gasteiger partial charge in [0.15, 0.2) is 5.69 Å². The van der Waals surface area contributed by atoms with Gasteiger partial charge in [0.05, 0.1) is 6.61 Å². The lowest BCUT2D eigenvalue weighted by molar-refractivity contribution is -0.141. The highest BCUT2D eigenvalue weighted by Crippen LogP contribution is 2.31. The molecule has 0 bridgehead atoms. The molecule has 0 fully saturated rings. The molecule has 0 aliphatic carbocycles. The zero-order valence-electron chi connectivity index (χ0n) is 12.0. The summed E-state index contributed by atoms with van der Waals surface area (Å²) in [5.41, 5.74) is -0.969. The van der Waals surface area contributed by atoms with Crippen LogP contribution in [0.2, 0.25) is 0 Å². The van der Waals surface area contributed by atoms with Crippen molar-refractivity contribution in [3.8, 4) is 5.88 Å². The fourth-order valence-corrected chi connectivity index (χ4v) is 1.77. The minimum Gasteiger partial charge on any atom is -0.478 e. The van der Waals surface area contributed by atoms with Crippen molar-refractivity contribution in [3.63, 3.8) is 0 Å². The largest absolute Gasteiger partial charge is 0.478 e. The van der Waals surface area contributed by atoms with Crippen LogP contribution < -0.4 is 9.64 Å². The average Bonchev–Trinajstić information content (AvgIpc) is 2.37. The van der Waals surface area contributed by atoms with Crippen LogP contribution in [0, 0.1) is 0 Å². The Morgan fingerprint density at radius 1 is 1.10 bits per heavy atom. The summed E-state index contributed by atoms with van der Waals surface area (Å²) >= 11 is 0. The van der Waals surface area contributed by atoms with Gasteiger partial charge in [-0.15, -0.1) is 0 Å². The van der Waals surface area contributed by atoms with E-state index >= 15 is 0 Å². The smallest absolute Gasteiger partial charge is 0.433 e. The van der Waals surface area contributed by atoms with Gasteiger partial charge in [-0.3, -0.25) is 0 Å². The number of nitrogens with zero attached hydrogens (tertiary/aromatic N) is 3. The first-order valence-electron chi connectivity index (χ1n) is 6.76. The Bertz CT molecular complexity index is 418. The highest BCUT2D eigenvalue weighted by Gasteiger charge is 2.34. The van der Waals surface area contributed by atoms with Crippen molar-refractivity contribution in [1.29, 1.82) is 0 Å². The summed E-state index contributed by atoms with van der Waals surface area (Å²) in [7, 11) is 0. The highest BCUT2D eigenvalue weighted by molar-refractivity contribution is 5.35. The van der Waals surface area contributed by atoms with Crippen molar-refractivity contribution in [1.82, 2.24) is 9.97 Å². The standard InChI is InChI=1S/C13H20F3N3O/c1-4-7-19(8-5-2)12-17-10(13(14,15)16)9-11(18-12)20-6-3/h9H,4-8H2,1-3H3. The second kappa shape index (κ2) is 7.31. The van der Waals surface area contributed by atoms with Crippen LogP contribution in [0.4, 0.5) is 19.1 Å². The summed E-state index contributed by atoms with van der Waals surface area (Å²) in [6, 6.07) is 0.836. The summed E-state index contributed by atoms with van der Waals surface area (Å²) in [6.45, 7) is 7.10. The molecule has 1 aromatic heterocycles. The number of anilines is 1. The van der Waals surface area contributed by atoms with Crippen molar-refractivity contribution in [2.45, 2.75) is 39.8 Å². The maximum absolute atomic E-state index is 12.9. The Labute approximate surface area is 117 Å². The van der Waals surface area contributed by atoms with Gasteiger partial charge >= 0.3 is 6.18 Å². The molecule has 0 saturated heterocycles. The maximum Gasteiger partial charge on any atom is 0.433 e. The third-order valence-electron chi connectivity index (χ3n) is 2.54. The second-order valence-electron chi connectivity index (χ2n) is 4.31. The SMILES string of the molecule is CCCN(CCC)c1nc(OCC)cc(C(F)(F)F)n1. The molecule has 0 aromatic carbocycles. The van der Waals surface area contributed by atoms with Gasteiger partial charge in [0.25, 0.3) is 0 Å². The molecule has 1 heterocycles. The Balaban J connectivity index is 3.18. The molecule has 0 aliphatic heterocycles. The number of hydrogen-bond acceptors (Lipinski definition) is 4. The number of rotatable bonds is 7. The number of hydrogen-bond donors (Lipinski definition) is 0. The molecule has 1 aromatic rings. The molecule has 1 rings (SSSR count). The first-order chi connectivity index (χ1) is 9.42. The molecular weight excluding hydrogens is 271 g/mol. The van der Waals surface area contributed by atoms with Crippen LogP contribution in [0.5, 0.6) is 5.88 Å². The molecule has 0 spiro atoms. The quantitative estimate of drug-likeness (QED) is 0.770. The van der Waals surface area contributed by atoms with Crippen LogP contribution in [0.1, 0.15) is 39.3 Å². The maximum atomic E-state index is 12.9.